The third-order valence-electron chi connectivity index (χ3n) is 2.78. The lowest BCUT2D eigenvalue weighted by Gasteiger charge is -2.39. The van der Waals surface area contributed by atoms with Crippen molar-refractivity contribution in [3.8, 4) is 0 Å². The van der Waals surface area contributed by atoms with Crippen molar-refractivity contribution in [2.24, 2.45) is 5.92 Å². The Morgan fingerprint density at radius 3 is 2.36 bits per heavy atom. The van der Waals surface area contributed by atoms with Gasteiger partial charge in [-0.05, 0) is 18.8 Å². The number of morpholine rings is 1. The number of hydrogen-bond donors (Lipinski definition) is 1. The smallest absolute Gasteiger partial charge is 0.232 e. The molecule has 6 heteroatoms. The molecule has 14 heavy (non-hydrogen) atoms. The first kappa shape index (κ1) is 10.7. The van der Waals surface area contributed by atoms with E-state index in [1.807, 2.05) is 0 Å². The van der Waals surface area contributed by atoms with Crippen molar-refractivity contribution in [2.75, 3.05) is 19.0 Å². The molecule has 0 aromatic carbocycles. The van der Waals surface area contributed by atoms with Crippen molar-refractivity contribution in [3.05, 3.63) is 0 Å². The van der Waals surface area contributed by atoms with Crippen LogP contribution in [0.4, 0.5) is 0 Å². The monoisotopic (exact) mass is 239 g/mol. The van der Waals surface area contributed by atoms with Crippen LogP contribution in [0.2, 0.25) is 0 Å². The van der Waals surface area contributed by atoms with Gasteiger partial charge in [0.15, 0.2) is 0 Å². The number of nitrogens with one attached hydrogen (secondary N) is 1. The van der Waals surface area contributed by atoms with Gasteiger partial charge in [0, 0.05) is 22.8 Å². The lowest BCUT2D eigenvalue weighted by Crippen LogP contribution is -2.54. The molecule has 2 aliphatic heterocycles. The summed E-state index contributed by atoms with van der Waals surface area (Å²) >= 11 is 0. The second-order valence-corrected chi connectivity index (χ2v) is 6.96. The zero-order valence-electron chi connectivity index (χ0n) is 7.78. The summed E-state index contributed by atoms with van der Waals surface area (Å²) < 4.78 is 27.2. The van der Waals surface area contributed by atoms with Gasteiger partial charge in [-0.3, -0.25) is 0 Å². The van der Waals surface area contributed by atoms with Crippen molar-refractivity contribution in [1.29, 1.82) is 0 Å². The van der Waals surface area contributed by atoms with Crippen molar-refractivity contribution < 1.29 is 13.2 Å². The average Bonchev–Trinajstić information content (AvgIpc) is 1.99. The predicted molar refractivity (Wildman–Crippen MR) is 53.9 cm³/mol. The summed E-state index contributed by atoms with van der Waals surface area (Å²) in [6.45, 7) is 1.38. The fourth-order valence-electron chi connectivity index (χ4n) is 2.37. The van der Waals surface area contributed by atoms with E-state index < -0.39 is 9.05 Å². The van der Waals surface area contributed by atoms with Gasteiger partial charge in [0.1, 0.15) is 0 Å². The molecular formula is C8H14ClNO3S. The lowest BCUT2D eigenvalue weighted by molar-refractivity contribution is 0.0112. The van der Waals surface area contributed by atoms with Crippen LogP contribution in [-0.2, 0) is 13.8 Å². The highest BCUT2D eigenvalue weighted by Crippen LogP contribution is 2.25. The molecule has 2 rings (SSSR count). The van der Waals surface area contributed by atoms with E-state index in [0.717, 1.165) is 12.8 Å². The molecule has 0 saturated carbocycles. The van der Waals surface area contributed by atoms with Gasteiger partial charge in [0.25, 0.3) is 0 Å². The van der Waals surface area contributed by atoms with Crippen molar-refractivity contribution in [3.63, 3.8) is 0 Å². The molecule has 82 valence electrons. The van der Waals surface area contributed by atoms with Crippen LogP contribution in [0.25, 0.3) is 0 Å². The van der Waals surface area contributed by atoms with Gasteiger partial charge in [-0.2, -0.15) is 0 Å². The van der Waals surface area contributed by atoms with Crippen LogP contribution < -0.4 is 5.32 Å². The van der Waals surface area contributed by atoms with Gasteiger partial charge < -0.3 is 10.1 Å². The Morgan fingerprint density at radius 1 is 1.29 bits per heavy atom. The Labute approximate surface area is 88.4 Å². The summed E-state index contributed by atoms with van der Waals surface area (Å²) in [6, 6.07) is 0.622. The summed E-state index contributed by atoms with van der Waals surface area (Å²) in [5, 5.41) is 3.41. The highest BCUT2D eigenvalue weighted by molar-refractivity contribution is 8.13. The van der Waals surface area contributed by atoms with Gasteiger partial charge in [-0.25, -0.2) is 8.42 Å². The van der Waals surface area contributed by atoms with Crippen molar-refractivity contribution >= 4 is 19.7 Å². The van der Waals surface area contributed by atoms with E-state index in [9.17, 15) is 8.42 Å². The topological polar surface area (TPSA) is 55.4 Å². The van der Waals surface area contributed by atoms with Crippen LogP contribution in [0.5, 0.6) is 0 Å². The third kappa shape index (κ3) is 2.82. The van der Waals surface area contributed by atoms with Crippen LogP contribution in [0.3, 0.4) is 0 Å². The Kier molecular flexibility index (Phi) is 3.02. The lowest BCUT2D eigenvalue weighted by atomic mass is 9.88. The van der Waals surface area contributed by atoms with Gasteiger partial charge in [-0.15, -0.1) is 0 Å². The molecule has 2 unspecified atom stereocenters. The van der Waals surface area contributed by atoms with E-state index in [4.69, 9.17) is 15.4 Å². The number of piperidine rings is 1. The molecule has 2 bridgehead atoms. The van der Waals surface area contributed by atoms with E-state index in [2.05, 4.69) is 5.32 Å². The molecule has 0 amide bonds. The van der Waals surface area contributed by atoms with Gasteiger partial charge >= 0.3 is 0 Å². The number of hydrogen-bond acceptors (Lipinski definition) is 4. The fourth-order valence-corrected chi connectivity index (χ4v) is 3.74. The molecule has 0 aromatic rings. The van der Waals surface area contributed by atoms with E-state index in [1.54, 1.807) is 0 Å². The molecule has 0 spiro atoms. The largest absolute Gasteiger partial charge is 0.378 e. The molecule has 0 aromatic heterocycles. The molecule has 1 N–H and O–H groups in total. The Morgan fingerprint density at radius 2 is 1.86 bits per heavy atom. The molecule has 2 saturated heterocycles. The fraction of sp³-hybridized carbons (Fsp3) is 1.00. The third-order valence-corrected chi connectivity index (χ3v) is 4.03. The quantitative estimate of drug-likeness (QED) is 0.706. The van der Waals surface area contributed by atoms with Gasteiger partial charge in [0.2, 0.25) is 9.05 Å². The molecule has 2 fully saturated rings. The zero-order chi connectivity index (χ0) is 10.2. The molecule has 0 aliphatic carbocycles. The van der Waals surface area contributed by atoms with Crippen LogP contribution in [-0.4, -0.2) is 39.5 Å². The Hall–Kier alpha value is 0.160. The number of ether oxygens (including phenoxy) is 1. The molecule has 2 aliphatic rings. The minimum atomic E-state index is -3.35. The second-order valence-electron chi connectivity index (χ2n) is 4.14. The molecule has 0 radical (unpaired) electrons. The normalized spacial score (nSPS) is 38.2. The van der Waals surface area contributed by atoms with Gasteiger partial charge in [-0.1, -0.05) is 0 Å². The summed E-state index contributed by atoms with van der Waals surface area (Å²) in [5.74, 6) is 0.293. The maximum Gasteiger partial charge on any atom is 0.232 e. The molecule has 2 atom stereocenters. The van der Waals surface area contributed by atoms with Gasteiger partial charge in [0.05, 0.1) is 19.0 Å². The maximum absolute atomic E-state index is 10.9. The number of halogens is 1. The Balaban J connectivity index is 1.96. The Bertz CT molecular complexity index is 294. The second kappa shape index (κ2) is 3.96. The van der Waals surface area contributed by atoms with Crippen LogP contribution in [0.15, 0.2) is 0 Å². The van der Waals surface area contributed by atoms with Crippen LogP contribution >= 0.6 is 10.7 Å². The zero-order valence-corrected chi connectivity index (χ0v) is 9.35. The minimum Gasteiger partial charge on any atom is -0.378 e. The SMILES string of the molecule is O=S(=O)(Cl)CC1CC2COCC(C1)N2. The van der Waals surface area contributed by atoms with E-state index in [0.29, 0.717) is 25.3 Å². The van der Waals surface area contributed by atoms with E-state index in [-0.39, 0.29) is 11.7 Å². The molecule has 4 nitrogen and oxygen atoms in total. The standard InChI is InChI=1S/C8H14ClNO3S/c9-14(11,12)5-6-1-7-3-13-4-8(2-6)10-7/h6-8,10H,1-5H2. The highest BCUT2D eigenvalue weighted by atomic mass is 35.7. The van der Waals surface area contributed by atoms with Crippen LogP contribution in [0, 0.1) is 5.92 Å². The first-order chi connectivity index (χ1) is 6.53. The minimum absolute atomic E-state index is 0.100. The highest BCUT2D eigenvalue weighted by Gasteiger charge is 2.33. The van der Waals surface area contributed by atoms with Crippen molar-refractivity contribution in [2.45, 2.75) is 24.9 Å². The summed E-state index contributed by atoms with van der Waals surface area (Å²) in [4.78, 5) is 0. The number of rotatable bonds is 2. The summed E-state index contributed by atoms with van der Waals surface area (Å²) in [6.07, 6.45) is 1.70. The van der Waals surface area contributed by atoms with Crippen LogP contribution in [0.1, 0.15) is 12.8 Å². The van der Waals surface area contributed by atoms with E-state index in [1.165, 1.54) is 0 Å². The molecular weight excluding hydrogens is 226 g/mol. The summed E-state index contributed by atoms with van der Waals surface area (Å²) in [7, 11) is 1.89. The maximum atomic E-state index is 10.9. The van der Waals surface area contributed by atoms with Crippen molar-refractivity contribution in [1.82, 2.24) is 5.32 Å². The summed E-state index contributed by atoms with van der Waals surface area (Å²) in [5.41, 5.74) is 0. The number of fused-ring (bicyclic) bond motifs is 2. The molecule has 2 heterocycles. The average molecular weight is 240 g/mol. The first-order valence-corrected chi connectivity index (χ1v) is 7.27. The predicted octanol–water partition coefficient (Wildman–Crippen LogP) is 0.322. The first-order valence-electron chi connectivity index (χ1n) is 4.79. The van der Waals surface area contributed by atoms with E-state index >= 15 is 0 Å².